The summed E-state index contributed by atoms with van der Waals surface area (Å²) in [5.74, 6) is 1.43. The van der Waals surface area contributed by atoms with Gasteiger partial charge in [-0.25, -0.2) is 0 Å². The van der Waals surface area contributed by atoms with Gasteiger partial charge in [0, 0.05) is 6.07 Å². The van der Waals surface area contributed by atoms with Crippen molar-refractivity contribution < 1.29 is 9.26 Å². The van der Waals surface area contributed by atoms with Crippen LogP contribution in [0.4, 0.5) is 0 Å². The molecule has 0 amide bonds. The first-order chi connectivity index (χ1) is 9.70. The van der Waals surface area contributed by atoms with E-state index in [-0.39, 0.29) is 6.04 Å². The van der Waals surface area contributed by atoms with Gasteiger partial charge in [-0.2, -0.15) is 0 Å². The van der Waals surface area contributed by atoms with Gasteiger partial charge in [0.25, 0.3) is 0 Å². The molecule has 1 atom stereocenters. The number of nitrogens with two attached hydrogens (primary N) is 1. The molecule has 1 unspecified atom stereocenters. The maximum Gasteiger partial charge on any atom is 0.153 e. The van der Waals surface area contributed by atoms with E-state index < -0.39 is 0 Å². The molecular weight excluding hydrogens is 252 g/mol. The SMILES string of the molecule is COc1ccc2ccccc2c1-c1cc(C(C)N)on1. The fourth-order valence-corrected chi connectivity index (χ4v) is 2.31. The van der Waals surface area contributed by atoms with Gasteiger partial charge >= 0.3 is 0 Å². The van der Waals surface area contributed by atoms with Crippen molar-refractivity contribution in [2.75, 3.05) is 7.11 Å². The third-order valence-corrected chi connectivity index (χ3v) is 3.34. The maximum atomic E-state index is 5.82. The van der Waals surface area contributed by atoms with Crippen molar-refractivity contribution in [1.29, 1.82) is 0 Å². The van der Waals surface area contributed by atoms with Crippen LogP contribution in [-0.4, -0.2) is 12.3 Å². The number of rotatable bonds is 3. The molecule has 0 spiro atoms. The highest BCUT2D eigenvalue weighted by Gasteiger charge is 2.16. The second kappa shape index (κ2) is 4.98. The summed E-state index contributed by atoms with van der Waals surface area (Å²) < 4.78 is 10.8. The Balaban J connectivity index is 2.26. The van der Waals surface area contributed by atoms with Gasteiger partial charge in [0.15, 0.2) is 5.76 Å². The first kappa shape index (κ1) is 12.7. The van der Waals surface area contributed by atoms with Crippen molar-refractivity contribution in [2.24, 2.45) is 5.73 Å². The third-order valence-electron chi connectivity index (χ3n) is 3.34. The predicted octanol–water partition coefficient (Wildman–Crippen LogP) is 3.52. The average Bonchev–Trinajstić information content (AvgIpc) is 2.95. The van der Waals surface area contributed by atoms with Crippen molar-refractivity contribution in [1.82, 2.24) is 5.16 Å². The van der Waals surface area contributed by atoms with E-state index >= 15 is 0 Å². The number of hydrogen-bond acceptors (Lipinski definition) is 4. The molecule has 4 nitrogen and oxygen atoms in total. The Morgan fingerprint density at radius 3 is 2.70 bits per heavy atom. The van der Waals surface area contributed by atoms with Crippen LogP contribution in [0.15, 0.2) is 47.0 Å². The van der Waals surface area contributed by atoms with Crippen LogP contribution >= 0.6 is 0 Å². The van der Waals surface area contributed by atoms with Gasteiger partial charge in [0.1, 0.15) is 11.4 Å². The standard InChI is InChI=1S/C16H16N2O2/c1-10(17)15-9-13(18-20-15)16-12-6-4-3-5-11(12)7-8-14(16)19-2/h3-10H,17H2,1-2H3. The van der Waals surface area contributed by atoms with Crippen molar-refractivity contribution in [3.8, 4) is 17.0 Å². The molecule has 1 heterocycles. The number of hydrogen-bond donors (Lipinski definition) is 1. The number of nitrogens with zero attached hydrogens (tertiary/aromatic N) is 1. The molecule has 0 saturated heterocycles. The van der Waals surface area contributed by atoms with Gasteiger partial charge in [-0.05, 0) is 23.8 Å². The van der Waals surface area contributed by atoms with Crippen molar-refractivity contribution >= 4 is 10.8 Å². The molecule has 0 radical (unpaired) electrons. The summed E-state index contributed by atoms with van der Waals surface area (Å²) in [7, 11) is 1.65. The topological polar surface area (TPSA) is 61.3 Å². The number of methoxy groups -OCH3 is 1. The van der Waals surface area contributed by atoms with E-state index in [0.717, 1.165) is 27.8 Å². The van der Waals surface area contributed by atoms with Crippen LogP contribution in [0.25, 0.3) is 22.0 Å². The fraction of sp³-hybridized carbons (Fsp3) is 0.188. The third kappa shape index (κ3) is 2.04. The number of ether oxygens (including phenoxy) is 1. The highest BCUT2D eigenvalue weighted by Crippen LogP contribution is 2.36. The smallest absolute Gasteiger partial charge is 0.153 e. The number of benzene rings is 2. The summed E-state index contributed by atoms with van der Waals surface area (Å²) in [6.07, 6.45) is 0. The quantitative estimate of drug-likeness (QED) is 0.789. The predicted molar refractivity (Wildman–Crippen MR) is 78.6 cm³/mol. The van der Waals surface area contributed by atoms with E-state index in [2.05, 4.69) is 11.2 Å². The second-order valence-electron chi connectivity index (χ2n) is 4.77. The summed E-state index contributed by atoms with van der Waals surface area (Å²) in [6, 6.07) is 13.8. The second-order valence-corrected chi connectivity index (χ2v) is 4.77. The van der Waals surface area contributed by atoms with E-state index in [1.54, 1.807) is 7.11 Å². The molecule has 0 saturated carbocycles. The van der Waals surface area contributed by atoms with Crippen molar-refractivity contribution in [2.45, 2.75) is 13.0 Å². The summed E-state index contributed by atoms with van der Waals surface area (Å²) in [4.78, 5) is 0. The first-order valence-corrected chi connectivity index (χ1v) is 6.49. The Bertz CT molecular complexity index is 747. The number of aromatic nitrogens is 1. The Morgan fingerprint density at radius 1 is 1.20 bits per heavy atom. The lowest BCUT2D eigenvalue weighted by atomic mass is 10.0. The minimum atomic E-state index is -0.183. The molecular formula is C16H16N2O2. The molecule has 102 valence electrons. The Hall–Kier alpha value is -2.33. The molecule has 1 aromatic heterocycles. The van der Waals surface area contributed by atoms with Crippen LogP contribution in [0.1, 0.15) is 18.7 Å². The molecule has 0 aliphatic carbocycles. The molecule has 2 N–H and O–H groups in total. The lowest BCUT2D eigenvalue weighted by molar-refractivity contribution is 0.369. The molecule has 0 aliphatic rings. The van der Waals surface area contributed by atoms with Crippen LogP contribution in [0.5, 0.6) is 5.75 Å². The highest BCUT2D eigenvalue weighted by atomic mass is 16.5. The molecule has 0 aliphatic heterocycles. The maximum absolute atomic E-state index is 5.82. The van der Waals surface area contributed by atoms with Gasteiger partial charge < -0.3 is 15.0 Å². The number of fused-ring (bicyclic) bond motifs is 1. The largest absolute Gasteiger partial charge is 0.496 e. The Morgan fingerprint density at radius 2 is 2.00 bits per heavy atom. The van der Waals surface area contributed by atoms with Gasteiger partial charge in [-0.15, -0.1) is 0 Å². The molecule has 0 fully saturated rings. The van der Waals surface area contributed by atoms with E-state index in [4.69, 9.17) is 15.0 Å². The highest BCUT2D eigenvalue weighted by molar-refractivity contribution is 5.98. The normalized spacial score (nSPS) is 12.6. The van der Waals surface area contributed by atoms with Gasteiger partial charge in [0.2, 0.25) is 0 Å². The summed E-state index contributed by atoms with van der Waals surface area (Å²) >= 11 is 0. The van der Waals surface area contributed by atoms with Gasteiger partial charge in [-0.3, -0.25) is 0 Å². The average molecular weight is 268 g/mol. The van der Waals surface area contributed by atoms with Crippen LogP contribution < -0.4 is 10.5 Å². The summed E-state index contributed by atoms with van der Waals surface area (Å²) in [6.45, 7) is 1.87. The van der Waals surface area contributed by atoms with Crippen LogP contribution in [-0.2, 0) is 0 Å². The zero-order valence-electron chi connectivity index (χ0n) is 11.5. The van der Waals surface area contributed by atoms with Gasteiger partial charge in [0.05, 0.1) is 18.7 Å². The minimum Gasteiger partial charge on any atom is -0.496 e. The van der Waals surface area contributed by atoms with Crippen molar-refractivity contribution in [3.05, 3.63) is 48.2 Å². The Kier molecular flexibility index (Phi) is 3.16. The van der Waals surface area contributed by atoms with E-state index in [1.807, 2.05) is 43.3 Å². The minimum absolute atomic E-state index is 0.183. The molecule has 2 aromatic carbocycles. The zero-order chi connectivity index (χ0) is 14.1. The Labute approximate surface area is 117 Å². The lowest BCUT2D eigenvalue weighted by Crippen LogP contribution is -2.02. The molecule has 4 heteroatoms. The van der Waals surface area contributed by atoms with Crippen LogP contribution in [0.3, 0.4) is 0 Å². The van der Waals surface area contributed by atoms with E-state index in [9.17, 15) is 0 Å². The summed E-state index contributed by atoms with van der Waals surface area (Å²) in [5, 5.41) is 6.34. The lowest BCUT2D eigenvalue weighted by Gasteiger charge is -2.09. The van der Waals surface area contributed by atoms with Gasteiger partial charge in [-0.1, -0.05) is 35.5 Å². The molecule has 0 bridgehead atoms. The molecule has 3 aromatic rings. The molecule has 20 heavy (non-hydrogen) atoms. The monoisotopic (exact) mass is 268 g/mol. The summed E-state index contributed by atoms with van der Waals surface area (Å²) in [5.41, 5.74) is 7.50. The van der Waals surface area contributed by atoms with E-state index in [1.165, 1.54) is 0 Å². The fourth-order valence-electron chi connectivity index (χ4n) is 2.31. The van der Waals surface area contributed by atoms with Crippen LogP contribution in [0.2, 0.25) is 0 Å². The zero-order valence-corrected chi connectivity index (χ0v) is 11.5. The van der Waals surface area contributed by atoms with Crippen molar-refractivity contribution in [3.63, 3.8) is 0 Å². The molecule has 3 rings (SSSR count). The van der Waals surface area contributed by atoms with Crippen LogP contribution in [0, 0.1) is 0 Å². The van der Waals surface area contributed by atoms with E-state index in [0.29, 0.717) is 5.76 Å². The first-order valence-electron chi connectivity index (χ1n) is 6.49.